The van der Waals surface area contributed by atoms with E-state index in [4.69, 9.17) is 0 Å². The highest BCUT2D eigenvalue weighted by atomic mass is 32.1. The third-order valence-corrected chi connectivity index (χ3v) is 8.58. The highest BCUT2D eigenvalue weighted by Crippen LogP contribution is 2.38. The first kappa shape index (κ1) is 31.3. The number of rotatable bonds is 13. The molecule has 2 atom stereocenters. The second-order valence-corrected chi connectivity index (χ2v) is 11.7. The van der Waals surface area contributed by atoms with Crippen molar-refractivity contribution in [2.75, 3.05) is 11.9 Å². The number of hydrogen-bond donors (Lipinski definition) is 4. The number of amides is 2. The fourth-order valence-corrected chi connectivity index (χ4v) is 6.36. The maximum atomic E-state index is 13.9. The van der Waals surface area contributed by atoms with Gasteiger partial charge in [0, 0.05) is 36.9 Å². The van der Waals surface area contributed by atoms with E-state index in [9.17, 15) is 28.7 Å². The lowest BCUT2D eigenvalue weighted by Crippen LogP contribution is -2.48. The molecule has 4 N–H and O–H groups in total. The molecule has 0 bridgehead atoms. The smallest absolute Gasteiger partial charge is 0.224 e. The van der Waals surface area contributed by atoms with Crippen LogP contribution in [0, 0.1) is 23.0 Å². The van der Waals surface area contributed by atoms with Crippen LogP contribution in [-0.2, 0) is 41.8 Å². The molecule has 0 radical (unpaired) electrons. The van der Waals surface area contributed by atoms with Crippen LogP contribution in [0.15, 0.2) is 42.5 Å². The monoisotopic (exact) mass is 594 g/mol. The number of nitrogens with one attached hydrogen (secondary N) is 3. The van der Waals surface area contributed by atoms with Crippen LogP contribution < -0.4 is 16.0 Å². The molecule has 7 nitrogen and oxygen atoms in total. The van der Waals surface area contributed by atoms with E-state index in [-0.39, 0.29) is 37.3 Å². The van der Waals surface area contributed by atoms with Crippen molar-refractivity contribution in [3.05, 3.63) is 86.1 Å². The van der Waals surface area contributed by atoms with Crippen LogP contribution in [0.5, 0.6) is 0 Å². The van der Waals surface area contributed by atoms with E-state index < -0.39 is 29.7 Å². The molecule has 4 rings (SSSR count). The fraction of sp³-hybridized carbons (Fsp3) is 0.406. The Morgan fingerprint density at radius 2 is 1.74 bits per heavy atom. The summed E-state index contributed by atoms with van der Waals surface area (Å²) in [6.07, 6.45) is 3.31. The van der Waals surface area contributed by atoms with Crippen LogP contribution in [0.1, 0.15) is 64.6 Å². The predicted molar refractivity (Wildman–Crippen MR) is 159 cm³/mol. The lowest BCUT2D eigenvalue weighted by atomic mass is 9.97. The van der Waals surface area contributed by atoms with Gasteiger partial charge in [-0.05, 0) is 72.9 Å². The lowest BCUT2D eigenvalue weighted by Gasteiger charge is -2.25. The molecule has 0 unspecified atom stereocenters. The molecule has 0 saturated heterocycles. The standard InChI is InChI=1S/C32H36F2N4O3S/c1-2-20-6-5-7-21(12-20)18-36-19-27(39)26(15-22-13-23(33)16-24(34)14-22)37-30(40)10-11-31(41)38-32-25-8-3-4-9-28(25)42-29(32)17-35/h5-7,12-14,16,26-27,36,39H,2-4,8-11,15,18-19H2,1H3,(H,37,40)(H,38,41)/t26-,27+/m0/s1. The topological polar surface area (TPSA) is 114 Å². The summed E-state index contributed by atoms with van der Waals surface area (Å²) < 4.78 is 27.7. The number of halogens is 2. The van der Waals surface area contributed by atoms with Gasteiger partial charge in [-0.1, -0.05) is 31.2 Å². The first-order valence-corrected chi connectivity index (χ1v) is 15.1. The third-order valence-electron chi connectivity index (χ3n) is 7.39. The number of nitrogens with zero attached hydrogens (tertiary/aromatic N) is 1. The number of benzene rings is 2. The first-order chi connectivity index (χ1) is 20.2. The van der Waals surface area contributed by atoms with Crippen molar-refractivity contribution in [3.8, 4) is 6.07 Å². The average molecular weight is 595 g/mol. The summed E-state index contributed by atoms with van der Waals surface area (Å²) in [5.41, 5.74) is 4.10. The Morgan fingerprint density at radius 3 is 2.48 bits per heavy atom. The molecular formula is C32H36F2N4O3S. The van der Waals surface area contributed by atoms with Crippen LogP contribution in [0.25, 0.3) is 0 Å². The van der Waals surface area contributed by atoms with Gasteiger partial charge in [0.25, 0.3) is 0 Å². The molecule has 42 heavy (non-hydrogen) atoms. The van der Waals surface area contributed by atoms with Crippen molar-refractivity contribution in [2.24, 2.45) is 0 Å². The van der Waals surface area contributed by atoms with E-state index in [0.717, 1.165) is 54.2 Å². The Balaban J connectivity index is 1.36. The van der Waals surface area contributed by atoms with E-state index in [1.165, 1.54) is 29.0 Å². The number of thiophene rings is 1. The zero-order valence-corrected chi connectivity index (χ0v) is 24.5. The van der Waals surface area contributed by atoms with Crippen molar-refractivity contribution in [2.45, 2.75) is 77.0 Å². The summed E-state index contributed by atoms with van der Waals surface area (Å²) in [6, 6.07) is 12.5. The van der Waals surface area contributed by atoms with Crippen LogP contribution >= 0.6 is 11.3 Å². The molecule has 1 aliphatic carbocycles. The minimum Gasteiger partial charge on any atom is -0.390 e. The molecular weight excluding hydrogens is 558 g/mol. The van der Waals surface area contributed by atoms with Gasteiger partial charge in [0.2, 0.25) is 11.8 Å². The highest BCUT2D eigenvalue weighted by Gasteiger charge is 2.24. The second-order valence-electron chi connectivity index (χ2n) is 10.6. The van der Waals surface area contributed by atoms with Gasteiger partial charge in [0.15, 0.2) is 0 Å². The minimum atomic E-state index is -1.07. The van der Waals surface area contributed by atoms with E-state index in [0.29, 0.717) is 17.1 Å². The van der Waals surface area contributed by atoms with Crippen molar-refractivity contribution < 1.29 is 23.5 Å². The summed E-state index contributed by atoms with van der Waals surface area (Å²) >= 11 is 1.41. The van der Waals surface area contributed by atoms with E-state index in [1.54, 1.807) is 0 Å². The van der Waals surface area contributed by atoms with Crippen LogP contribution in [0.2, 0.25) is 0 Å². The lowest BCUT2D eigenvalue weighted by molar-refractivity contribution is -0.125. The molecule has 0 fully saturated rings. The molecule has 2 aromatic carbocycles. The van der Waals surface area contributed by atoms with Gasteiger partial charge in [-0.15, -0.1) is 11.3 Å². The van der Waals surface area contributed by atoms with Gasteiger partial charge in [0.05, 0.1) is 17.8 Å². The molecule has 3 aromatic rings. The first-order valence-electron chi connectivity index (χ1n) is 14.3. The van der Waals surface area contributed by atoms with Crippen molar-refractivity contribution in [1.29, 1.82) is 5.26 Å². The van der Waals surface area contributed by atoms with Gasteiger partial charge in [-0.25, -0.2) is 8.78 Å². The molecule has 222 valence electrons. The molecule has 2 amide bonds. The maximum Gasteiger partial charge on any atom is 0.224 e. The number of aryl methyl sites for hydroxylation is 2. The number of nitriles is 1. The Hall–Kier alpha value is -3.65. The summed E-state index contributed by atoms with van der Waals surface area (Å²) in [6.45, 7) is 2.69. The highest BCUT2D eigenvalue weighted by molar-refractivity contribution is 7.13. The van der Waals surface area contributed by atoms with Gasteiger partial charge >= 0.3 is 0 Å². The summed E-state index contributed by atoms with van der Waals surface area (Å²) in [7, 11) is 0. The Labute approximate surface area is 249 Å². The number of anilines is 1. The van der Waals surface area contributed by atoms with Gasteiger partial charge < -0.3 is 21.1 Å². The Kier molecular flexibility index (Phi) is 11.2. The van der Waals surface area contributed by atoms with E-state index >= 15 is 0 Å². The summed E-state index contributed by atoms with van der Waals surface area (Å²) in [4.78, 5) is 27.2. The normalized spacial score (nSPS) is 14.0. The van der Waals surface area contributed by atoms with Crippen LogP contribution in [0.3, 0.4) is 0 Å². The Bertz CT molecular complexity index is 1430. The number of aliphatic hydroxyl groups excluding tert-OH is 1. The largest absolute Gasteiger partial charge is 0.390 e. The third kappa shape index (κ3) is 8.68. The SMILES string of the molecule is CCc1cccc(CNC[C@@H](O)[C@H](Cc2cc(F)cc(F)c2)NC(=O)CCC(=O)Nc2c(C#N)sc3c2CCCC3)c1. The number of carbonyl (C=O) groups is 2. The van der Waals surface area contributed by atoms with Crippen LogP contribution in [-0.4, -0.2) is 35.6 Å². The van der Waals surface area contributed by atoms with E-state index in [1.807, 2.05) is 18.2 Å². The van der Waals surface area contributed by atoms with Crippen molar-refractivity contribution in [1.82, 2.24) is 10.6 Å². The number of aliphatic hydroxyl groups is 1. The van der Waals surface area contributed by atoms with Crippen molar-refractivity contribution in [3.63, 3.8) is 0 Å². The molecule has 0 spiro atoms. The molecule has 1 heterocycles. The molecule has 1 aliphatic rings. The average Bonchev–Trinajstić information content (AvgIpc) is 3.32. The number of fused-ring (bicyclic) bond motifs is 1. The summed E-state index contributed by atoms with van der Waals surface area (Å²) in [5.74, 6) is -2.35. The molecule has 1 aromatic heterocycles. The number of hydrogen-bond acceptors (Lipinski definition) is 6. The molecule has 0 saturated carbocycles. The second kappa shape index (κ2) is 15.0. The molecule has 10 heteroatoms. The van der Waals surface area contributed by atoms with Gasteiger partial charge in [-0.3, -0.25) is 9.59 Å². The predicted octanol–water partition coefficient (Wildman–Crippen LogP) is 4.94. The zero-order valence-electron chi connectivity index (χ0n) is 23.6. The van der Waals surface area contributed by atoms with Crippen molar-refractivity contribution >= 4 is 28.8 Å². The molecule has 0 aliphatic heterocycles. The zero-order chi connectivity index (χ0) is 30.1. The summed E-state index contributed by atoms with van der Waals surface area (Å²) in [5, 5.41) is 29.3. The van der Waals surface area contributed by atoms with E-state index in [2.05, 4.69) is 35.0 Å². The van der Waals surface area contributed by atoms with Gasteiger partial charge in [-0.2, -0.15) is 5.26 Å². The quantitative estimate of drug-likeness (QED) is 0.224. The minimum absolute atomic E-state index is 0.00659. The Morgan fingerprint density at radius 1 is 1.02 bits per heavy atom. The number of carbonyl (C=O) groups excluding carboxylic acids is 2. The van der Waals surface area contributed by atoms with Crippen LogP contribution in [0.4, 0.5) is 14.5 Å². The maximum absolute atomic E-state index is 13.9. The fourth-order valence-electron chi connectivity index (χ4n) is 5.22. The van der Waals surface area contributed by atoms with Gasteiger partial charge in [0.1, 0.15) is 22.6 Å².